The molecular weight excluding hydrogens is 158 g/mol. The van der Waals surface area contributed by atoms with E-state index in [-0.39, 0.29) is 6.54 Å². The van der Waals surface area contributed by atoms with Gasteiger partial charge in [0.05, 0.1) is 18.3 Å². The lowest BCUT2D eigenvalue weighted by Gasteiger charge is -1.80. The fourth-order valence-corrected chi connectivity index (χ4v) is 0.828. The van der Waals surface area contributed by atoms with Gasteiger partial charge in [-0.15, -0.1) is 0 Å². The summed E-state index contributed by atoms with van der Waals surface area (Å²) in [6.45, 7) is 0.255. The smallest absolute Gasteiger partial charge is 0.240 e. The number of hydrogen-bond acceptors (Lipinski definition) is 5. The molecule has 2 heterocycles. The van der Waals surface area contributed by atoms with E-state index < -0.39 is 0 Å². The first-order chi connectivity index (χ1) is 5.90. The topological polar surface area (TPSA) is 93.6 Å². The van der Waals surface area contributed by atoms with E-state index in [0.717, 1.165) is 5.56 Å². The molecule has 0 atom stereocenters. The second kappa shape index (κ2) is 2.74. The second-order valence-electron chi connectivity index (χ2n) is 2.20. The van der Waals surface area contributed by atoms with Crippen LogP contribution in [-0.2, 0) is 6.54 Å². The van der Waals surface area contributed by atoms with Gasteiger partial charge in [0.15, 0.2) is 0 Å². The molecule has 0 radical (unpaired) electrons. The fourth-order valence-electron chi connectivity index (χ4n) is 0.828. The minimum atomic E-state index is 0.255. The van der Waals surface area contributed by atoms with E-state index in [1.54, 1.807) is 12.4 Å². The van der Waals surface area contributed by atoms with Crippen molar-refractivity contribution in [2.24, 2.45) is 5.73 Å². The molecule has 12 heavy (non-hydrogen) atoms. The zero-order chi connectivity index (χ0) is 8.39. The highest BCUT2D eigenvalue weighted by Gasteiger charge is 2.06. The Morgan fingerprint density at radius 1 is 1.58 bits per heavy atom. The molecule has 0 aromatic carbocycles. The Bertz CT molecular complexity index is 352. The van der Waals surface area contributed by atoms with Gasteiger partial charge in [-0.25, -0.2) is 0 Å². The average molecular weight is 165 g/mol. The molecule has 0 saturated carbocycles. The molecule has 6 nitrogen and oxygen atoms in total. The lowest BCUT2D eigenvalue weighted by atomic mass is 10.3. The molecule has 3 N–H and O–H groups in total. The maximum absolute atomic E-state index is 5.30. The van der Waals surface area contributed by atoms with Crippen molar-refractivity contribution in [2.45, 2.75) is 6.54 Å². The van der Waals surface area contributed by atoms with Crippen LogP contribution in [-0.4, -0.2) is 20.3 Å². The number of aromatic amines is 1. The third-order valence-corrected chi connectivity index (χ3v) is 1.40. The van der Waals surface area contributed by atoms with E-state index in [9.17, 15) is 0 Å². The van der Waals surface area contributed by atoms with E-state index in [1.807, 2.05) is 0 Å². The van der Waals surface area contributed by atoms with Gasteiger partial charge >= 0.3 is 0 Å². The van der Waals surface area contributed by atoms with Crippen LogP contribution in [0.1, 0.15) is 5.89 Å². The predicted octanol–water partition coefficient (Wildman–Crippen LogP) is -0.0816. The van der Waals surface area contributed by atoms with Gasteiger partial charge in [0, 0.05) is 6.20 Å². The molecule has 0 saturated heterocycles. The van der Waals surface area contributed by atoms with Gasteiger partial charge in [0.1, 0.15) is 0 Å². The molecule has 0 aliphatic heterocycles. The first kappa shape index (κ1) is 6.99. The number of nitrogens with two attached hydrogens (primary N) is 1. The largest absolute Gasteiger partial charge is 0.338 e. The van der Waals surface area contributed by atoms with Crippen molar-refractivity contribution in [1.29, 1.82) is 0 Å². The van der Waals surface area contributed by atoms with E-state index in [0.29, 0.717) is 11.7 Å². The molecule has 6 heteroatoms. The van der Waals surface area contributed by atoms with Crippen molar-refractivity contribution >= 4 is 0 Å². The monoisotopic (exact) mass is 165 g/mol. The van der Waals surface area contributed by atoms with Crippen LogP contribution in [0.15, 0.2) is 16.9 Å². The van der Waals surface area contributed by atoms with E-state index >= 15 is 0 Å². The van der Waals surface area contributed by atoms with Crippen molar-refractivity contribution in [1.82, 2.24) is 20.3 Å². The van der Waals surface area contributed by atoms with E-state index in [1.165, 1.54) is 0 Å². The zero-order valence-corrected chi connectivity index (χ0v) is 6.19. The molecule has 2 aromatic heterocycles. The third kappa shape index (κ3) is 1.08. The average Bonchev–Trinajstić information content (AvgIpc) is 2.75. The minimum absolute atomic E-state index is 0.255. The van der Waals surface area contributed by atoms with Gasteiger partial charge in [-0.3, -0.25) is 5.10 Å². The molecule has 0 spiro atoms. The molecule has 0 bridgehead atoms. The Balaban J connectivity index is 2.35. The normalized spacial score (nSPS) is 10.4. The summed E-state index contributed by atoms with van der Waals surface area (Å²) in [5.74, 6) is 0.926. The number of nitrogens with zero attached hydrogens (tertiary/aromatic N) is 3. The maximum atomic E-state index is 5.30. The molecule has 2 aromatic rings. The van der Waals surface area contributed by atoms with Crippen molar-refractivity contribution in [3.63, 3.8) is 0 Å². The van der Waals surface area contributed by atoms with Gasteiger partial charge in [0.25, 0.3) is 0 Å². The van der Waals surface area contributed by atoms with Crippen LogP contribution in [0.25, 0.3) is 11.4 Å². The molecule has 2 rings (SSSR count). The van der Waals surface area contributed by atoms with Gasteiger partial charge < -0.3 is 10.3 Å². The Morgan fingerprint density at radius 3 is 3.08 bits per heavy atom. The van der Waals surface area contributed by atoms with Crippen LogP contribution in [0.2, 0.25) is 0 Å². The number of H-pyrrole nitrogens is 1. The number of nitrogens with one attached hydrogen (secondary N) is 1. The lowest BCUT2D eigenvalue weighted by Crippen LogP contribution is -1.95. The summed E-state index contributed by atoms with van der Waals surface area (Å²) in [5.41, 5.74) is 6.09. The van der Waals surface area contributed by atoms with Gasteiger partial charge in [0.2, 0.25) is 11.7 Å². The maximum Gasteiger partial charge on any atom is 0.240 e. The number of hydrogen-bond donors (Lipinski definition) is 2. The number of aromatic nitrogens is 4. The SMILES string of the molecule is NCc1nc(-c2cn[nH]c2)no1. The highest BCUT2D eigenvalue weighted by atomic mass is 16.5. The summed E-state index contributed by atoms with van der Waals surface area (Å²) >= 11 is 0. The Hall–Kier alpha value is -1.69. The number of rotatable bonds is 2. The van der Waals surface area contributed by atoms with E-state index in [4.69, 9.17) is 10.3 Å². The van der Waals surface area contributed by atoms with Crippen molar-refractivity contribution in [3.05, 3.63) is 18.3 Å². The fraction of sp³-hybridized carbons (Fsp3) is 0.167. The minimum Gasteiger partial charge on any atom is -0.338 e. The van der Waals surface area contributed by atoms with Gasteiger partial charge in [-0.2, -0.15) is 10.1 Å². The van der Waals surface area contributed by atoms with E-state index in [2.05, 4.69) is 20.3 Å². The summed E-state index contributed by atoms with van der Waals surface area (Å²) in [4.78, 5) is 4.01. The highest BCUT2D eigenvalue weighted by molar-refractivity contribution is 5.50. The molecule has 0 fully saturated rings. The molecular formula is C6H7N5O. The van der Waals surface area contributed by atoms with Crippen LogP contribution in [0.4, 0.5) is 0 Å². The zero-order valence-electron chi connectivity index (χ0n) is 6.19. The highest BCUT2D eigenvalue weighted by Crippen LogP contribution is 2.12. The standard InChI is InChI=1S/C6H7N5O/c7-1-5-10-6(11-12-5)4-2-8-9-3-4/h2-3H,1,7H2,(H,8,9). The molecule has 0 amide bonds. The second-order valence-corrected chi connectivity index (χ2v) is 2.20. The van der Waals surface area contributed by atoms with Crippen LogP contribution in [0, 0.1) is 0 Å². The van der Waals surface area contributed by atoms with Gasteiger partial charge in [-0.05, 0) is 0 Å². The molecule has 0 aliphatic carbocycles. The van der Waals surface area contributed by atoms with Crippen LogP contribution < -0.4 is 5.73 Å². The summed E-state index contributed by atoms with van der Waals surface area (Å²) in [6.07, 6.45) is 3.30. The summed E-state index contributed by atoms with van der Waals surface area (Å²) in [5, 5.41) is 10.1. The summed E-state index contributed by atoms with van der Waals surface area (Å²) in [7, 11) is 0. The van der Waals surface area contributed by atoms with Crippen LogP contribution >= 0.6 is 0 Å². The Labute approximate surface area is 67.8 Å². The van der Waals surface area contributed by atoms with Gasteiger partial charge in [-0.1, -0.05) is 5.16 Å². The summed E-state index contributed by atoms with van der Waals surface area (Å²) < 4.78 is 4.81. The first-order valence-electron chi connectivity index (χ1n) is 3.42. The van der Waals surface area contributed by atoms with Crippen LogP contribution in [0.3, 0.4) is 0 Å². The van der Waals surface area contributed by atoms with Crippen LogP contribution in [0.5, 0.6) is 0 Å². The quantitative estimate of drug-likeness (QED) is 0.649. The van der Waals surface area contributed by atoms with Crippen molar-refractivity contribution in [3.8, 4) is 11.4 Å². The first-order valence-corrected chi connectivity index (χ1v) is 3.42. The summed E-state index contributed by atoms with van der Waals surface area (Å²) in [6, 6.07) is 0. The predicted molar refractivity (Wildman–Crippen MR) is 39.8 cm³/mol. The lowest BCUT2D eigenvalue weighted by molar-refractivity contribution is 0.380. The molecule has 0 unspecified atom stereocenters. The van der Waals surface area contributed by atoms with Crippen molar-refractivity contribution < 1.29 is 4.52 Å². The third-order valence-electron chi connectivity index (χ3n) is 1.40. The Kier molecular flexibility index (Phi) is 1.60. The van der Waals surface area contributed by atoms with Crippen molar-refractivity contribution in [2.75, 3.05) is 0 Å². The molecule has 62 valence electrons. The Morgan fingerprint density at radius 2 is 2.50 bits per heavy atom. The molecule has 0 aliphatic rings.